The van der Waals surface area contributed by atoms with Gasteiger partial charge in [0.15, 0.2) is 11.6 Å². The predicted molar refractivity (Wildman–Crippen MR) is 65.2 cm³/mol. The van der Waals surface area contributed by atoms with Crippen molar-refractivity contribution in [3.05, 3.63) is 24.2 Å². The maximum Gasteiger partial charge on any atom is 0.323 e. The van der Waals surface area contributed by atoms with Gasteiger partial charge in [-0.05, 0) is 25.5 Å². The normalized spacial score (nSPS) is 14.2. The fraction of sp³-hybridized carbons (Fsp3) is 0.417. The summed E-state index contributed by atoms with van der Waals surface area (Å²) < 4.78 is 10.2. The summed E-state index contributed by atoms with van der Waals surface area (Å²) >= 11 is 0. The van der Waals surface area contributed by atoms with Crippen LogP contribution in [0.5, 0.6) is 0 Å². The van der Waals surface area contributed by atoms with Gasteiger partial charge in [-0.3, -0.25) is 10.1 Å². The van der Waals surface area contributed by atoms with Crippen molar-refractivity contribution in [3.63, 3.8) is 0 Å². The predicted octanol–water partition coefficient (Wildman–Crippen LogP) is 1.67. The van der Waals surface area contributed by atoms with Crippen LogP contribution in [0.3, 0.4) is 0 Å². The lowest BCUT2D eigenvalue weighted by Gasteiger charge is -2.23. The Morgan fingerprint density at radius 2 is 2.37 bits per heavy atom. The van der Waals surface area contributed by atoms with Gasteiger partial charge in [0.25, 0.3) is 5.89 Å². The van der Waals surface area contributed by atoms with Gasteiger partial charge in [-0.2, -0.15) is 4.98 Å². The van der Waals surface area contributed by atoms with E-state index in [0.29, 0.717) is 18.0 Å². The molecule has 2 heterocycles. The van der Waals surface area contributed by atoms with E-state index in [1.807, 2.05) is 0 Å². The lowest BCUT2D eigenvalue weighted by molar-refractivity contribution is -0.144. The number of nitrogens with zero attached hydrogens (tertiary/aromatic N) is 2. The summed E-state index contributed by atoms with van der Waals surface area (Å²) in [5, 5.41) is 15.8. The fourth-order valence-corrected chi connectivity index (χ4v) is 1.45. The molecule has 2 N–H and O–H groups in total. The fourth-order valence-electron chi connectivity index (χ4n) is 1.45. The van der Waals surface area contributed by atoms with Crippen LogP contribution >= 0.6 is 0 Å². The van der Waals surface area contributed by atoms with Gasteiger partial charge < -0.3 is 14.0 Å². The Hall–Kier alpha value is -2.15. The van der Waals surface area contributed by atoms with Crippen LogP contribution in [-0.2, 0) is 11.3 Å². The first-order valence-electron chi connectivity index (χ1n) is 5.90. The van der Waals surface area contributed by atoms with E-state index < -0.39 is 11.5 Å². The number of aliphatic carboxylic acids is 1. The van der Waals surface area contributed by atoms with Crippen LogP contribution in [0.1, 0.15) is 26.1 Å². The molecule has 102 valence electrons. The van der Waals surface area contributed by atoms with E-state index in [1.165, 1.54) is 6.26 Å². The van der Waals surface area contributed by atoms with E-state index in [9.17, 15) is 4.79 Å². The van der Waals surface area contributed by atoms with E-state index >= 15 is 0 Å². The summed E-state index contributed by atoms with van der Waals surface area (Å²) in [6.07, 6.45) is 1.96. The van der Waals surface area contributed by atoms with Crippen molar-refractivity contribution in [2.24, 2.45) is 0 Å². The summed E-state index contributed by atoms with van der Waals surface area (Å²) in [4.78, 5) is 15.2. The molecule has 0 aliphatic rings. The van der Waals surface area contributed by atoms with Crippen LogP contribution in [0.15, 0.2) is 27.3 Å². The zero-order chi connectivity index (χ0) is 13.9. The third-order valence-electron chi connectivity index (χ3n) is 3.02. The average molecular weight is 265 g/mol. The molecule has 1 atom stereocenters. The van der Waals surface area contributed by atoms with Crippen molar-refractivity contribution in [3.8, 4) is 11.7 Å². The van der Waals surface area contributed by atoms with E-state index in [-0.39, 0.29) is 12.4 Å². The standard InChI is InChI=1S/C12H15N3O4/c1-3-12(2,11(16)17)13-7-9-14-10(19-15-9)8-5-4-6-18-8/h4-6,13H,3,7H2,1-2H3,(H,16,17). The minimum Gasteiger partial charge on any atom is -0.480 e. The topological polar surface area (TPSA) is 101 Å². The highest BCUT2D eigenvalue weighted by Gasteiger charge is 2.30. The van der Waals surface area contributed by atoms with Crippen molar-refractivity contribution in [1.29, 1.82) is 0 Å². The Morgan fingerprint density at radius 3 is 2.95 bits per heavy atom. The average Bonchev–Trinajstić information content (AvgIpc) is 3.05. The molecule has 0 radical (unpaired) electrons. The van der Waals surface area contributed by atoms with Gasteiger partial charge in [-0.15, -0.1) is 0 Å². The summed E-state index contributed by atoms with van der Waals surface area (Å²) in [7, 11) is 0. The molecule has 0 spiro atoms. The number of hydrogen-bond donors (Lipinski definition) is 2. The molecule has 0 aliphatic heterocycles. The summed E-state index contributed by atoms with van der Waals surface area (Å²) in [6.45, 7) is 3.62. The van der Waals surface area contributed by atoms with Gasteiger partial charge in [0.05, 0.1) is 12.8 Å². The van der Waals surface area contributed by atoms with Gasteiger partial charge >= 0.3 is 5.97 Å². The molecule has 0 saturated heterocycles. The highest BCUT2D eigenvalue weighted by Crippen LogP contribution is 2.17. The third-order valence-corrected chi connectivity index (χ3v) is 3.02. The minimum atomic E-state index is -1.01. The molecule has 1 unspecified atom stereocenters. The van der Waals surface area contributed by atoms with Crippen LogP contribution < -0.4 is 5.32 Å². The van der Waals surface area contributed by atoms with Crippen LogP contribution in [0.2, 0.25) is 0 Å². The van der Waals surface area contributed by atoms with E-state index in [2.05, 4.69) is 15.5 Å². The van der Waals surface area contributed by atoms with Crippen LogP contribution in [0.4, 0.5) is 0 Å². The molecule has 7 nitrogen and oxygen atoms in total. The first-order valence-corrected chi connectivity index (χ1v) is 5.90. The Bertz CT molecular complexity index is 549. The smallest absolute Gasteiger partial charge is 0.323 e. The van der Waals surface area contributed by atoms with Gasteiger partial charge in [0.2, 0.25) is 0 Å². The third kappa shape index (κ3) is 2.82. The number of rotatable bonds is 6. The molecule has 0 aliphatic carbocycles. The molecule has 0 aromatic carbocycles. The van der Waals surface area contributed by atoms with Gasteiger partial charge in [-0.1, -0.05) is 12.1 Å². The maximum atomic E-state index is 11.1. The minimum absolute atomic E-state index is 0.209. The first kappa shape index (κ1) is 13.3. The molecule has 0 fully saturated rings. The number of carboxylic acid groups (broad SMARTS) is 1. The summed E-state index contributed by atoms with van der Waals surface area (Å²) in [5.41, 5.74) is -1.01. The van der Waals surface area contributed by atoms with Gasteiger partial charge in [0.1, 0.15) is 5.54 Å². The molecule has 2 aromatic heterocycles. The molecule has 0 saturated carbocycles. The monoisotopic (exact) mass is 265 g/mol. The van der Waals surface area contributed by atoms with E-state index in [4.69, 9.17) is 14.0 Å². The Balaban J connectivity index is 2.03. The molecule has 2 rings (SSSR count). The molecular formula is C12H15N3O4. The highest BCUT2D eigenvalue weighted by molar-refractivity contribution is 5.78. The second kappa shape index (κ2) is 5.23. The molecule has 2 aromatic rings. The quantitative estimate of drug-likeness (QED) is 0.819. The second-order valence-corrected chi connectivity index (χ2v) is 4.34. The number of carbonyl (C=O) groups is 1. The van der Waals surface area contributed by atoms with Crippen molar-refractivity contribution in [2.45, 2.75) is 32.4 Å². The van der Waals surface area contributed by atoms with Crippen molar-refractivity contribution >= 4 is 5.97 Å². The van der Waals surface area contributed by atoms with E-state index in [1.54, 1.807) is 26.0 Å². The Morgan fingerprint density at radius 1 is 1.58 bits per heavy atom. The molecule has 0 bridgehead atoms. The summed E-state index contributed by atoms with van der Waals surface area (Å²) in [5.74, 6) is 0.225. The second-order valence-electron chi connectivity index (χ2n) is 4.34. The molecule has 19 heavy (non-hydrogen) atoms. The van der Waals surface area contributed by atoms with Crippen molar-refractivity contribution < 1.29 is 18.8 Å². The molecule has 0 amide bonds. The number of hydrogen-bond acceptors (Lipinski definition) is 6. The largest absolute Gasteiger partial charge is 0.480 e. The van der Waals surface area contributed by atoms with Gasteiger partial charge in [0, 0.05) is 0 Å². The van der Waals surface area contributed by atoms with E-state index in [0.717, 1.165) is 0 Å². The highest BCUT2D eigenvalue weighted by atomic mass is 16.5. The lowest BCUT2D eigenvalue weighted by atomic mass is 9.99. The molecular weight excluding hydrogens is 250 g/mol. The number of carboxylic acids is 1. The number of aromatic nitrogens is 2. The van der Waals surface area contributed by atoms with Crippen molar-refractivity contribution in [2.75, 3.05) is 0 Å². The first-order chi connectivity index (χ1) is 9.05. The Labute approximate surface area is 109 Å². The SMILES string of the molecule is CCC(C)(NCc1noc(-c2ccco2)n1)C(=O)O. The maximum absolute atomic E-state index is 11.1. The van der Waals surface area contributed by atoms with Crippen LogP contribution in [-0.4, -0.2) is 26.8 Å². The molecule has 7 heteroatoms. The summed E-state index contributed by atoms with van der Waals surface area (Å²) in [6, 6.07) is 3.42. The van der Waals surface area contributed by atoms with Crippen LogP contribution in [0.25, 0.3) is 11.7 Å². The number of furan rings is 1. The zero-order valence-corrected chi connectivity index (χ0v) is 10.7. The zero-order valence-electron chi connectivity index (χ0n) is 10.7. The van der Waals surface area contributed by atoms with Crippen molar-refractivity contribution in [1.82, 2.24) is 15.5 Å². The van der Waals surface area contributed by atoms with Gasteiger partial charge in [-0.25, -0.2) is 0 Å². The number of nitrogens with one attached hydrogen (secondary N) is 1. The Kier molecular flexibility index (Phi) is 3.66. The lowest BCUT2D eigenvalue weighted by Crippen LogP contribution is -2.48. The van der Waals surface area contributed by atoms with Crippen LogP contribution in [0, 0.1) is 0 Å².